The number of nitrogens with one attached hydrogen (secondary N) is 1. The van der Waals surface area contributed by atoms with Gasteiger partial charge < -0.3 is 14.8 Å². The van der Waals surface area contributed by atoms with Gasteiger partial charge in [0, 0.05) is 22.9 Å². The highest BCUT2D eigenvalue weighted by molar-refractivity contribution is 6.10. The summed E-state index contributed by atoms with van der Waals surface area (Å²) in [5, 5.41) is 11.5. The molecular formula is C24H19N5O3. The molecule has 32 heavy (non-hydrogen) atoms. The number of nitrogens with zero attached hydrogens (tertiary/aromatic N) is 4. The number of anilines is 2. The molecular weight excluding hydrogens is 406 g/mol. The Morgan fingerprint density at radius 1 is 0.906 bits per heavy atom. The van der Waals surface area contributed by atoms with Crippen molar-refractivity contribution < 1.29 is 14.3 Å². The van der Waals surface area contributed by atoms with Crippen molar-refractivity contribution in [2.24, 2.45) is 0 Å². The summed E-state index contributed by atoms with van der Waals surface area (Å²) >= 11 is 0. The summed E-state index contributed by atoms with van der Waals surface area (Å²) in [6.07, 6.45) is 1.61. The van der Waals surface area contributed by atoms with Gasteiger partial charge in [0.15, 0.2) is 23.1 Å². The van der Waals surface area contributed by atoms with E-state index in [-0.39, 0.29) is 5.78 Å². The highest BCUT2D eigenvalue weighted by atomic mass is 16.5. The molecule has 1 N–H and O–H groups in total. The number of methoxy groups -OCH3 is 2. The molecule has 0 aliphatic carbocycles. The molecule has 2 aromatic heterocycles. The Bertz CT molecular complexity index is 1450. The van der Waals surface area contributed by atoms with Gasteiger partial charge in [-0.3, -0.25) is 9.20 Å². The molecule has 3 aromatic carbocycles. The van der Waals surface area contributed by atoms with Crippen molar-refractivity contribution in [2.75, 3.05) is 19.5 Å². The number of rotatable bonds is 6. The first-order valence-electron chi connectivity index (χ1n) is 9.90. The van der Waals surface area contributed by atoms with Crippen LogP contribution in [0.25, 0.3) is 16.7 Å². The van der Waals surface area contributed by atoms with E-state index in [0.29, 0.717) is 39.6 Å². The topological polar surface area (TPSA) is 90.6 Å². The van der Waals surface area contributed by atoms with Crippen molar-refractivity contribution in [3.8, 4) is 11.5 Å². The summed E-state index contributed by atoms with van der Waals surface area (Å²) < 4.78 is 12.5. The molecule has 158 valence electrons. The van der Waals surface area contributed by atoms with E-state index in [1.807, 2.05) is 52.9 Å². The van der Waals surface area contributed by atoms with Crippen LogP contribution in [-0.4, -0.2) is 39.6 Å². The zero-order valence-corrected chi connectivity index (χ0v) is 17.4. The van der Waals surface area contributed by atoms with E-state index in [0.717, 1.165) is 11.2 Å². The first-order chi connectivity index (χ1) is 15.7. The number of fused-ring (bicyclic) bond motifs is 3. The van der Waals surface area contributed by atoms with E-state index < -0.39 is 0 Å². The summed E-state index contributed by atoms with van der Waals surface area (Å²) in [4.78, 5) is 17.6. The summed E-state index contributed by atoms with van der Waals surface area (Å²) in [7, 11) is 3.17. The molecule has 0 saturated carbocycles. The molecule has 2 heterocycles. The summed E-state index contributed by atoms with van der Waals surface area (Å²) in [5.41, 5.74) is 3.94. The van der Waals surface area contributed by atoms with Crippen LogP contribution in [0.1, 0.15) is 15.9 Å². The average Bonchev–Trinajstić information content (AvgIpc) is 3.35. The zero-order valence-electron chi connectivity index (χ0n) is 17.4. The lowest BCUT2D eigenvalue weighted by Crippen LogP contribution is -2.04. The van der Waals surface area contributed by atoms with E-state index >= 15 is 0 Å². The monoisotopic (exact) mass is 425 g/mol. The van der Waals surface area contributed by atoms with Gasteiger partial charge in [-0.1, -0.05) is 30.3 Å². The van der Waals surface area contributed by atoms with Gasteiger partial charge in [-0.15, -0.1) is 10.2 Å². The van der Waals surface area contributed by atoms with Crippen molar-refractivity contribution in [1.29, 1.82) is 0 Å². The third kappa shape index (κ3) is 3.37. The lowest BCUT2D eigenvalue weighted by Gasteiger charge is -2.12. The van der Waals surface area contributed by atoms with Crippen molar-refractivity contribution in [3.05, 3.63) is 84.2 Å². The number of hydrogen-bond acceptors (Lipinski definition) is 7. The van der Waals surface area contributed by atoms with E-state index in [1.165, 1.54) is 0 Å². The van der Waals surface area contributed by atoms with Crippen LogP contribution in [0.2, 0.25) is 0 Å². The minimum Gasteiger partial charge on any atom is -0.493 e. The highest BCUT2D eigenvalue weighted by Gasteiger charge is 2.15. The number of ketones is 1. The fourth-order valence-corrected chi connectivity index (χ4v) is 3.59. The van der Waals surface area contributed by atoms with Crippen LogP contribution in [0.5, 0.6) is 11.5 Å². The van der Waals surface area contributed by atoms with Crippen molar-refractivity contribution in [1.82, 2.24) is 19.6 Å². The molecule has 8 nitrogen and oxygen atoms in total. The summed E-state index contributed by atoms with van der Waals surface area (Å²) in [6, 6.07) is 20.1. The SMILES string of the molecule is COc1ccc(Nc2nc3ccc(C(=O)c4ccccc4)cc3n3cnnc23)cc1OC. The standard InChI is InChI=1S/C24H19N5O3/c1-31-20-11-9-17(13-21(20)32-2)26-23-24-28-25-14-29(24)19-12-16(8-10-18(19)27-23)22(30)15-6-4-3-5-7-15/h3-14H,1-2H3,(H,26,27). The van der Waals surface area contributed by atoms with E-state index in [9.17, 15) is 4.79 Å². The Hall–Kier alpha value is -4.46. The van der Waals surface area contributed by atoms with Gasteiger partial charge in [-0.25, -0.2) is 4.98 Å². The molecule has 8 heteroatoms. The maximum Gasteiger partial charge on any atom is 0.204 e. The largest absolute Gasteiger partial charge is 0.493 e. The van der Waals surface area contributed by atoms with Crippen LogP contribution in [0.3, 0.4) is 0 Å². The first kappa shape index (κ1) is 19.5. The molecule has 0 aliphatic heterocycles. The highest BCUT2D eigenvalue weighted by Crippen LogP contribution is 2.32. The van der Waals surface area contributed by atoms with E-state index in [2.05, 4.69) is 15.5 Å². The number of aromatic nitrogens is 4. The minimum atomic E-state index is -0.0544. The van der Waals surface area contributed by atoms with Crippen LogP contribution in [-0.2, 0) is 0 Å². The number of carbonyl (C=O) groups is 1. The fourth-order valence-electron chi connectivity index (χ4n) is 3.59. The molecule has 5 rings (SSSR count). The fraction of sp³-hybridized carbons (Fsp3) is 0.0833. The molecule has 0 amide bonds. The Balaban J connectivity index is 1.57. The third-order valence-corrected chi connectivity index (χ3v) is 5.17. The summed E-state index contributed by atoms with van der Waals surface area (Å²) in [6.45, 7) is 0. The van der Waals surface area contributed by atoms with Crippen molar-refractivity contribution >= 4 is 34.0 Å². The number of carbonyl (C=O) groups excluding carboxylic acids is 1. The molecule has 0 fully saturated rings. The van der Waals surface area contributed by atoms with E-state index in [1.54, 1.807) is 38.7 Å². The minimum absolute atomic E-state index is 0.0544. The van der Waals surface area contributed by atoms with Gasteiger partial charge in [-0.05, 0) is 30.3 Å². The predicted molar refractivity (Wildman–Crippen MR) is 121 cm³/mol. The molecule has 0 spiro atoms. The van der Waals surface area contributed by atoms with Crippen molar-refractivity contribution in [2.45, 2.75) is 0 Å². The number of benzene rings is 3. The Kier molecular flexibility index (Phi) is 4.87. The van der Waals surface area contributed by atoms with Gasteiger partial charge in [0.1, 0.15) is 6.33 Å². The predicted octanol–water partition coefficient (Wildman–Crippen LogP) is 4.27. The van der Waals surface area contributed by atoms with Crippen molar-refractivity contribution in [3.63, 3.8) is 0 Å². The third-order valence-electron chi connectivity index (χ3n) is 5.17. The lowest BCUT2D eigenvalue weighted by atomic mass is 10.0. The molecule has 0 bridgehead atoms. The van der Waals surface area contributed by atoms with Gasteiger partial charge in [0.2, 0.25) is 5.65 Å². The maximum atomic E-state index is 12.9. The molecule has 0 radical (unpaired) electrons. The molecule has 5 aromatic rings. The van der Waals surface area contributed by atoms with Crippen LogP contribution in [0.4, 0.5) is 11.5 Å². The Morgan fingerprint density at radius 3 is 2.50 bits per heavy atom. The van der Waals surface area contributed by atoms with Crippen LogP contribution >= 0.6 is 0 Å². The Labute approximate surface area is 183 Å². The number of ether oxygens (including phenoxy) is 2. The van der Waals surface area contributed by atoms with Gasteiger partial charge in [-0.2, -0.15) is 0 Å². The normalized spacial score (nSPS) is 10.9. The second kappa shape index (κ2) is 7.99. The first-order valence-corrected chi connectivity index (χ1v) is 9.90. The van der Waals surface area contributed by atoms with Crippen LogP contribution in [0.15, 0.2) is 73.1 Å². The van der Waals surface area contributed by atoms with Crippen LogP contribution in [0, 0.1) is 0 Å². The van der Waals surface area contributed by atoms with Gasteiger partial charge in [0.25, 0.3) is 0 Å². The quantitative estimate of drug-likeness (QED) is 0.406. The molecule has 0 saturated heterocycles. The molecule has 0 atom stereocenters. The second-order valence-electron chi connectivity index (χ2n) is 7.08. The number of hydrogen-bond donors (Lipinski definition) is 1. The average molecular weight is 425 g/mol. The maximum absolute atomic E-state index is 12.9. The van der Waals surface area contributed by atoms with Gasteiger partial charge in [0.05, 0.1) is 25.3 Å². The molecule has 0 unspecified atom stereocenters. The van der Waals surface area contributed by atoms with Gasteiger partial charge >= 0.3 is 0 Å². The van der Waals surface area contributed by atoms with E-state index in [4.69, 9.17) is 14.5 Å². The lowest BCUT2D eigenvalue weighted by molar-refractivity contribution is 0.103. The molecule has 0 aliphatic rings. The summed E-state index contributed by atoms with van der Waals surface area (Å²) in [5.74, 6) is 1.71. The Morgan fingerprint density at radius 2 is 1.72 bits per heavy atom. The smallest absolute Gasteiger partial charge is 0.204 e. The second-order valence-corrected chi connectivity index (χ2v) is 7.08. The zero-order chi connectivity index (χ0) is 22.1. The van der Waals surface area contributed by atoms with Crippen LogP contribution < -0.4 is 14.8 Å².